The van der Waals surface area contributed by atoms with E-state index >= 15 is 0 Å². The average Bonchev–Trinajstić information content (AvgIpc) is 3.08. The Bertz CT molecular complexity index is 1280. The molecule has 2 aromatic carbocycles. The molecular formula is C25H20Cl2N2O5. The minimum Gasteiger partial charge on any atom is -0.507 e. The molecule has 0 spiro atoms. The van der Waals surface area contributed by atoms with Crippen LogP contribution in [0.5, 0.6) is 11.5 Å². The molecule has 1 atom stereocenters. The number of benzene rings is 2. The number of carbonyl (C=O) groups is 2. The molecule has 1 unspecified atom stereocenters. The molecule has 1 aromatic heterocycles. The molecule has 9 heteroatoms. The first-order valence-electron chi connectivity index (χ1n) is 10.2. The number of likely N-dealkylation sites (tertiary alicyclic amines) is 1. The van der Waals surface area contributed by atoms with Crippen molar-refractivity contribution in [3.63, 3.8) is 0 Å². The van der Waals surface area contributed by atoms with Gasteiger partial charge < -0.3 is 19.5 Å². The van der Waals surface area contributed by atoms with E-state index in [1.54, 1.807) is 55.9 Å². The first-order chi connectivity index (χ1) is 16.3. The molecule has 2 heterocycles. The average molecular weight is 499 g/mol. The van der Waals surface area contributed by atoms with Gasteiger partial charge in [0.15, 0.2) is 0 Å². The van der Waals surface area contributed by atoms with Crippen molar-refractivity contribution in [2.45, 2.75) is 12.6 Å². The van der Waals surface area contributed by atoms with E-state index in [0.29, 0.717) is 11.3 Å². The van der Waals surface area contributed by atoms with Gasteiger partial charge in [-0.15, -0.1) is 0 Å². The van der Waals surface area contributed by atoms with Gasteiger partial charge in [0, 0.05) is 24.0 Å². The summed E-state index contributed by atoms with van der Waals surface area (Å²) >= 11 is 12.4. The topological polar surface area (TPSA) is 89.0 Å². The molecular weight excluding hydrogens is 479 g/mol. The molecule has 1 saturated heterocycles. The van der Waals surface area contributed by atoms with E-state index in [1.807, 2.05) is 0 Å². The predicted molar refractivity (Wildman–Crippen MR) is 128 cm³/mol. The van der Waals surface area contributed by atoms with Crippen LogP contribution < -0.4 is 9.47 Å². The van der Waals surface area contributed by atoms with E-state index in [9.17, 15) is 14.7 Å². The van der Waals surface area contributed by atoms with Crippen molar-refractivity contribution in [1.29, 1.82) is 0 Å². The first kappa shape index (κ1) is 23.6. The third-order valence-electron chi connectivity index (χ3n) is 5.51. The van der Waals surface area contributed by atoms with Crippen LogP contribution in [-0.4, -0.2) is 40.9 Å². The van der Waals surface area contributed by atoms with E-state index in [1.165, 1.54) is 24.1 Å². The van der Waals surface area contributed by atoms with E-state index in [4.69, 9.17) is 32.7 Å². The van der Waals surface area contributed by atoms with E-state index in [0.717, 1.165) is 5.56 Å². The molecule has 3 aromatic rings. The third-order valence-corrected chi connectivity index (χ3v) is 6.01. The number of amides is 1. The zero-order valence-corrected chi connectivity index (χ0v) is 19.8. The Kier molecular flexibility index (Phi) is 6.77. The van der Waals surface area contributed by atoms with Gasteiger partial charge in [-0.25, -0.2) is 0 Å². The minimum atomic E-state index is -0.881. The lowest BCUT2D eigenvalue weighted by Crippen LogP contribution is -2.29. The normalized spacial score (nSPS) is 17.2. The Balaban J connectivity index is 1.92. The highest BCUT2D eigenvalue weighted by Gasteiger charge is 2.46. The fraction of sp³-hybridized carbons (Fsp3) is 0.160. The molecule has 1 fully saturated rings. The summed E-state index contributed by atoms with van der Waals surface area (Å²) in [5, 5.41) is 11.7. The predicted octanol–water partition coefficient (Wildman–Crippen LogP) is 5.03. The van der Waals surface area contributed by atoms with Gasteiger partial charge in [-0.1, -0.05) is 41.4 Å². The molecule has 174 valence electrons. The molecule has 1 aliphatic rings. The number of aliphatic hydroxyl groups is 1. The van der Waals surface area contributed by atoms with Crippen molar-refractivity contribution in [3.05, 3.63) is 93.2 Å². The van der Waals surface area contributed by atoms with E-state index in [2.05, 4.69) is 4.98 Å². The fourth-order valence-corrected chi connectivity index (χ4v) is 4.52. The van der Waals surface area contributed by atoms with Crippen LogP contribution in [0.15, 0.2) is 66.5 Å². The SMILES string of the molecule is COc1ccc(C2/C(=C(\O)c3cc(Cl)cc(Cl)c3OC)C(=O)C(=O)N2Cc2cccnc2)cc1. The molecule has 1 aliphatic heterocycles. The summed E-state index contributed by atoms with van der Waals surface area (Å²) in [6.45, 7) is 0.110. The number of carbonyl (C=O) groups excluding carboxylic acids is 2. The molecule has 7 nitrogen and oxygen atoms in total. The van der Waals surface area contributed by atoms with Crippen molar-refractivity contribution in [3.8, 4) is 11.5 Å². The second-order valence-electron chi connectivity index (χ2n) is 7.53. The molecule has 1 amide bonds. The Labute approximate surface area is 206 Å². The van der Waals surface area contributed by atoms with Gasteiger partial charge in [0.1, 0.15) is 17.3 Å². The molecule has 1 N–H and O–H groups in total. The summed E-state index contributed by atoms with van der Waals surface area (Å²) in [7, 11) is 2.92. The van der Waals surface area contributed by atoms with Gasteiger partial charge in [-0.2, -0.15) is 0 Å². The molecule has 4 rings (SSSR count). The van der Waals surface area contributed by atoms with E-state index in [-0.39, 0.29) is 33.5 Å². The first-order valence-corrected chi connectivity index (χ1v) is 11.0. The Hall–Kier alpha value is -3.55. The van der Waals surface area contributed by atoms with Crippen LogP contribution in [0.4, 0.5) is 0 Å². The van der Waals surface area contributed by atoms with Crippen molar-refractivity contribution >= 4 is 40.7 Å². The smallest absolute Gasteiger partial charge is 0.295 e. The summed E-state index contributed by atoms with van der Waals surface area (Å²) in [6, 6.07) is 12.5. The van der Waals surface area contributed by atoms with Gasteiger partial charge >= 0.3 is 0 Å². The maximum Gasteiger partial charge on any atom is 0.295 e. The van der Waals surface area contributed by atoms with Crippen LogP contribution in [0.25, 0.3) is 5.76 Å². The van der Waals surface area contributed by atoms with Crippen LogP contribution in [0.1, 0.15) is 22.7 Å². The lowest BCUT2D eigenvalue weighted by atomic mass is 9.94. The third kappa shape index (κ3) is 4.32. The van der Waals surface area contributed by atoms with Crippen LogP contribution >= 0.6 is 23.2 Å². The molecule has 0 saturated carbocycles. The highest BCUT2D eigenvalue weighted by Crippen LogP contribution is 2.44. The number of methoxy groups -OCH3 is 2. The zero-order chi connectivity index (χ0) is 24.4. The van der Waals surface area contributed by atoms with Crippen LogP contribution in [-0.2, 0) is 16.1 Å². The van der Waals surface area contributed by atoms with Crippen LogP contribution in [0.2, 0.25) is 10.0 Å². The van der Waals surface area contributed by atoms with Crippen molar-refractivity contribution in [1.82, 2.24) is 9.88 Å². The quantitative estimate of drug-likeness (QED) is 0.291. The summed E-state index contributed by atoms with van der Waals surface area (Å²) in [4.78, 5) is 31.9. The Morgan fingerprint density at radius 1 is 1.09 bits per heavy atom. The molecule has 34 heavy (non-hydrogen) atoms. The Morgan fingerprint density at radius 3 is 2.44 bits per heavy atom. The van der Waals surface area contributed by atoms with Crippen LogP contribution in [0.3, 0.4) is 0 Å². The number of halogens is 2. The van der Waals surface area contributed by atoms with Gasteiger partial charge in [0.25, 0.3) is 11.7 Å². The summed E-state index contributed by atoms with van der Waals surface area (Å²) in [5.74, 6) is -1.28. The minimum absolute atomic E-state index is 0.101. The highest BCUT2D eigenvalue weighted by molar-refractivity contribution is 6.46. The summed E-state index contributed by atoms with van der Waals surface area (Å²) in [6.07, 6.45) is 3.23. The van der Waals surface area contributed by atoms with Gasteiger partial charge in [-0.05, 0) is 41.5 Å². The maximum atomic E-state index is 13.2. The molecule has 0 bridgehead atoms. The summed E-state index contributed by atoms with van der Waals surface area (Å²) in [5.41, 5.74) is 1.34. The monoisotopic (exact) mass is 498 g/mol. The second-order valence-corrected chi connectivity index (χ2v) is 8.37. The number of rotatable bonds is 6. The van der Waals surface area contributed by atoms with Crippen molar-refractivity contribution in [2.24, 2.45) is 0 Å². The number of Topliss-reactive ketones (excluding diaryl/α,β-unsaturated/α-hetero) is 1. The fourth-order valence-electron chi connectivity index (χ4n) is 3.95. The van der Waals surface area contributed by atoms with Crippen molar-refractivity contribution in [2.75, 3.05) is 14.2 Å². The number of ketones is 1. The van der Waals surface area contributed by atoms with Crippen LogP contribution in [0, 0.1) is 0 Å². The second kappa shape index (κ2) is 9.75. The number of aliphatic hydroxyl groups excluding tert-OH is 1. The number of ether oxygens (including phenoxy) is 2. The van der Waals surface area contributed by atoms with Gasteiger partial charge in [-0.3, -0.25) is 14.6 Å². The molecule has 0 aliphatic carbocycles. The lowest BCUT2D eigenvalue weighted by Gasteiger charge is -2.25. The lowest BCUT2D eigenvalue weighted by molar-refractivity contribution is -0.140. The highest BCUT2D eigenvalue weighted by atomic mass is 35.5. The largest absolute Gasteiger partial charge is 0.507 e. The Morgan fingerprint density at radius 2 is 1.82 bits per heavy atom. The number of aromatic nitrogens is 1. The van der Waals surface area contributed by atoms with Gasteiger partial charge in [0.05, 0.1) is 36.4 Å². The van der Waals surface area contributed by atoms with E-state index < -0.39 is 23.5 Å². The standard InChI is InChI=1S/C25H20Cl2N2O5/c1-33-17-7-5-15(6-8-17)21-20(22(30)18-10-16(26)11-19(27)24(18)34-2)23(31)25(32)29(21)13-14-4-3-9-28-12-14/h3-12,21,30H,13H2,1-2H3/b22-20+. The number of pyridine rings is 1. The van der Waals surface area contributed by atoms with Gasteiger partial charge in [0.2, 0.25) is 0 Å². The number of hydrogen-bond donors (Lipinski definition) is 1. The van der Waals surface area contributed by atoms with Crippen molar-refractivity contribution < 1.29 is 24.2 Å². The summed E-state index contributed by atoms with van der Waals surface area (Å²) < 4.78 is 10.6. The number of nitrogens with zero attached hydrogens (tertiary/aromatic N) is 2. The molecule has 0 radical (unpaired) electrons. The number of hydrogen-bond acceptors (Lipinski definition) is 6. The zero-order valence-electron chi connectivity index (χ0n) is 18.3. The maximum absolute atomic E-state index is 13.2.